The van der Waals surface area contributed by atoms with Gasteiger partial charge in [0, 0.05) is 43.5 Å². The van der Waals surface area contributed by atoms with Gasteiger partial charge in [-0.1, -0.05) is 0 Å². The fourth-order valence-electron chi connectivity index (χ4n) is 3.33. The van der Waals surface area contributed by atoms with Crippen LogP contribution in [0.5, 0.6) is 17.2 Å². The summed E-state index contributed by atoms with van der Waals surface area (Å²) in [6, 6.07) is 3.90. The van der Waals surface area contributed by atoms with Gasteiger partial charge < -0.3 is 23.3 Å². The maximum absolute atomic E-state index is 5.85. The molecule has 0 atom stereocenters. The Balaban J connectivity index is 1.58. The molecule has 0 aliphatic carbocycles. The van der Waals surface area contributed by atoms with Crippen LogP contribution in [-0.2, 0) is 13.1 Å². The molecule has 7 nitrogen and oxygen atoms in total. The van der Waals surface area contributed by atoms with Crippen LogP contribution in [0.3, 0.4) is 0 Å². The predicted octanol–water partition coefficient (Wildman–Crippen LogP) is 3.32. The first-order valence-electron chi connectivity index (χ1n) is 9.22. The van der Waals surface area contributed by atoms with E-state index < -0.39 is 0 Å². The normalized spacial score (nSPS) is 13.4. The van der Waals surface area contributed by atoms with Crippen LogP contribution in [0.15, 0.2) is 37.1 Å². The van der Waals surface area contributed by atoms with E-state index in [9.17, 15) is 0 Å². The molecule has 7 heteroatoms. The average Bonchev–Trinajstić information content (AvgIpc) is 3.24. The van der Waals surface area contributed by atoms with E-state index in [4.69, 9.17) is 14.2 Å². The fourth-order valence-corrected chi connectivity index (χ4v) is 3.33. The van der Waals surface area contributed by atoms with Gasteiger partial charge in [-0.05, 0) is 19.4 Å². The number of aromatic nitrogens is 4. The van der Waals surface area contributed by atoms with Gasteiger partial charge in [0.1, 0.15) is 11.6 Å². The van der Waals surface area contributed by atoms with Crippen molar-refractivity contribution in [1.29, 1.82) is 0 Å². The number of nitrogens with zero attached hydrogens (tertiary/aromatic N) is 4. The van der Waals surface area contributed by atoms with Crippen LogP contribution in [0.1, 0.15) is 18.7 Å². The molecule has 0 unspecified atom stereocenters. The van der Waals surface area contributed by atoms with E-state index in [1.54, 1.807) is 7.11 Å². The van der Waals surface area contributed by atoms with Crippen LogP contribution in [0.4, 0.5) is 0 Å². The van der Waals surface area contributed by atoms with Crippen molar-refractivity contribution in [2.75, 3.05) is 20.3 Å². The van der Waals surface area contributed by atoms with Gasteiger partial charge in [-0.2, -0.15) is 0 Å². The summed E-state index contributed by atoms with van der Waals surface area (Å²) in [6.45, 7) is 5.10. The van der Waals surface area contributed by atoms with Crippen molar-refractivity contribution in [1.82, 2.24) is 19.1 Å². The summed E-state index contributed by atoms with van der Waals surface area (Å²) < 4.78 is 21.5. The van der Waals surface area contributed by atoms with Crippen molar-refractivity contribution < 1.29 is 14.2 Å². The van der Waals surface area contributed by atoms with Crippen molar-refractivity contribution >= 4 is 0 Å². The highest BCUT2D eigenvalue weighted by Gasteiger charge is 2.18. The third kappa shape index (κ3) is 3.63. The number of fused-ring (bicyclic) bond motifs is 1. The van der Waals surface area contributed by atoms with Crippen LogP contribution in [-0.4, -0.2) is 39.4 Å². The minimum absolute atomic E-state index is 0.654. The molecular weight excluding hydrogens is 344 g/mol. The molecule has 3 aromatic rings. The van der Waals surface area contributed by atoms with Crippen molar-refractivity contribution in [3.63, 3.8) is 0 Å². The Labute approximate surface area is 158 Å². The minimum Gasteiger partial charge on any atom is -0.496 e. The summed E-state index contributed by atoms with van der Waals surface area (Å²) >= 11 is 0. The molecule has 2 aromatic heterocycles. The van der Waals surface area contributed by atoms with Gasteiger partial charge >= 0.3 is 0 Å². The molecular formula is C20H24N4O3. The standard InChI is InChI=1S/C20H24N4O3/c1-15-22-5-8-23(15)6-3-7-24-14-21-13-17(24)16-11-19-20(12-18(16)25-2)27-10-4-9-26-19/h5,8,11-14H,3-4,6-7,9-10H2,1-2H3. The van der Waals surface area contributed by atoms with Crippen LogP contribution in [0, 0.1) is 6.92 Å². The first kappa shape index (κ1) is 17.5. The zero-order valence-electron chi connectivity index (χ0n) is 15.7. The molecule has 4 rings (SSSR count). The molecule has 0 bridgehead atoms. The number of hydrogen-bond donors (Lipinski definition) is 0. The van der Waals surface area contributed by atoms with Crippen LogP contribution < -0.4 is 14.2 Å². The Morgan fingerprint density at radius 2 is 1.89 bits per heavy atom. The Bertz CT molecular complexity index is 916. The van der Waals surface area contributed by atoms with E-state index in [2.05, 4.69) is 19.1 Å². The summed E-state index contributed by atoms with van der Waals surface area (Å²) in [4.78, 5) is 8.62. The second kappa shape index (κ2) is 7.73. The Kier molecular flexibility index (Phi) is 5.00. The molecule has 3 heterocycles. The van der Waals surface area contributed by atoms with Crippen LogP contribution in [0.2, 0.25) is 0 Å². The lowest BCUT2D eigenvalue weighted by Crippen LogP contribution is -2.05. The zero-order chi connectivity index (χ0) is 18.6. The monoisotopic (exact) mass is 368 g/mol. The molecule has 0 radical (unpaired) electrons. The molecule has 1 aromatic carbocycles. The Hall–Kier alpha value is -2.96. The number of benzene rings is 1. The fraction of sp³-hybridized carbons (Fsp3) is 0.400. The highest BCUT2D eigenvalue weighted by molar-refractivity contribution is 5.72. The predicted molar refractivity (Wildman–Crippen MR) is 101 cm³/mol. The topological polar surface area (TPSA) is 63.3 Å². The maximum atomic E-state index is 5.85. The maximum Gasteiger partial charge on any atom is 0.164 e. The number of methoxy groups -OCH3 is 1. The number of rotatable bonds is 6. The lowest BCUT2D eigenvalue weighted by atomic mass is 10.1. The summed E-state index contributed by atoms with van der Waals surface area (Å²) in [6.07, 6.45) is 9.42. The van der Waals surface area contributed by atoms with Crippen molar-refractivity contribution in [2.24, 2.45) is 0 Å². The smallest absolute Gasteiger partial charge is 0.164 e. The molecule has 1 aliphatic rings. The highest BCUT2D eigenvalue weighted by atomic mass is 16.5. The molecule has 0 spiro atoms. The van der Waals surface area contributed by atoms with E-state index in [-0.39, 0.29) is 0 Å². The largest absolute Gasteiger partial charge is 0.496 e. The average molecular weight is 368 g/mol. The zero-order valence-corrected chi connectivity index (χ0v) is 15.7. The van der Waals surface area contributed by atoms with Gasteiger partial charge in [-0.15, -0.1) is 0 Å². The van der Waals surface area contributed by atoms with Gasteiger partial charge in [-0.3, -0.25) is 0 Å². The van der Waals surface area contributed by atoms with E-state index in [1.165, 1.54) is 0 Å². The van der Waals surface area contributed by atoms with Crippen LogP contribution in [0.25, 0.3) is 11.3 Å². The summed E-state index contributed by atoms with van der Waals surface area (Å²) in [7, 11) is 1.67. The SMILES string of the molecule is COc1cc2c(cc1-c1cncn1CCCn1ccnc1C)OCCCO2. The lowest BCUT2D eigenvalue weighted by molar-refractivity contribution is 0.296. The molecule has 0 fully saturated rings. The summed E-state index contributed by atoms with van der Waals surface area (Å²) in [5.74, 6) is 3.27. The van der Waals surface area contributed by atoms with E-state index in [1.807, 2.05) is 44.0 Å². The molecule has 0 saturated heterocycles. The molecule has 142 valence electrons. The van der Waals surface area contributed by atoms with Gasteiger partial charge in [0.05, 0.1) is 38.5 Å². The second-order valence-corrected chi connectivity index (χ2v) is 6.54. The molecule has 0 amide bonds. The van der Waals surface area contributed by atoms with E-state index in [0.29, 0.717) is 13.2 Å². The van der Waals surface area contributed by atoms with E-state index in [0.717, 1.165) is 60.3 Å². The lowest BCUT2D eigenvalue weighted by Gasteiger charge is -2.15. The molecule has 0 saturated carbocycles. The number of hydrogen-bond acceptors (Lipinski definition) is 5. The van der Waals surface area contributed by atoms with Gasteiger partial charge in [0.15, 0.2) is 11.5 Å². The highest BCUT2D eigenvalue weighted by Crippen LogP contribution is 2.41. The number of imidazole rings is 2. The van der Waals surface area contributed by atoms with Crippen molar-refractivity contribution in [3.05, 3.63) is 42.9 Å². The van der Waals surface area contributed by atoms with Gasteiger partial charge in [0.2, 0.25) is 0 Å². The molecule has 1 aliphatic heterocycles. The van der Waals surface area contributed by atoms with Gasteiger partial charge in [0.25, 0.3) is 0 Å². The third-order valence-corrected chi connectivity index (χ3v) is 4.78. The number of ether oxygens (including phenoxy) is 3. The minimum atomic E-state index is 0.654. The van der Waals surface area contributed by atoms with E-state index >= 15 is 0 Å². The first-order valence-corrected chi connectivity index (χ1v) is 9.22. The van der Waals surface area contributed by atoms with Crippen LogP contribution >= 0.6 is 0 Å². The molecule has 0 N–H and O–H groups in total. The second-order valence-electron chi connectivity index (χ2n) is 6.54. The van der Waals surface area contributed by atoms with Gasteiger partial charge in [-0.25, -0.2) is 9.97 Å². The number of aryl methyl sites for hydroxylation is 3. The summed E-state index contributed by atoms with van der Waals surface area (Å²) in [5.41, 5.74) is 1.96. The Morgan fingerprint density at radius 3 is 2.63 bits per heavy atom. The third-order valence-electron chi connectivity index (χ3n) is 4.78. The first-order chi connectivity index (χ1) is 13.3. The van der Waals surface area contributed by atoms with Crippen molar-refractivity contribution in [2.45, 2.75) is 32.9 Å². The Morgan fingerprint density at radius 1 is 1.11 bits per heavy atom. The summed E-state index contributed by atoms with van der Waals surface area (Å²) in [5, 5.41) is 0. The van der Waals surface area contributed by atoms with Crippen molar-refractivity contribution in [3.8, 4) is 28.5 Å². The quantitative estimate of drug-likeness (QED) is 0.668. The molecule has 27 heavy (non-hydrogen) atoms.